The number of rotatable bonds is 1. The van der Waals surface area contributed by atoms with Crippen LogP contribution in [0.5, 0.6) is 5.75 Å². The summed E-state index contributed by atoms with van der Waals surface area (Å²) in [4.78, 5) is 10.3. The van der Waals surface area contributed by atoms with Crippen LogP contribution in [0.4, 0.5) is 14.9 Å². The van der Waals surface area contributed by atoms with Crippen molar-refractivity contribution >= 4 is 23.4 Å². The first-order chi connectivity index (χ1) is 6.02. The smallest absolute Gasteiger partial charge is 0.408 e. The first-order valence-corrected chi connectivity index (χ1v) is 3.61. The molecule has 1 amide bonds. The fourth-order valence-corrected chi connectivity index (χ4v) is 0.911. The van der Waals surface area contributed by atoms with Gasteiger partial charge in [0.25, 0.3) is 0 Å². The SMILES string of the molecule is NC(=O)Oc1ccc(Cl)c(F)c1N. The molecule has 70 valence electrons. The van der Waals surface area contributed by atoms with Gasteiger partial charge in [0.1, 0.15) is 5.69 Å². The molecule has 4 nitrogen and oxygen atoms in total. The highest BCUT2D eigenvalue weighted by atomic mass is 35.5. The maximum atomic E-state index is 13.0. The number of primary amides is 1. The van der Waals surface area contributed by atoms with Crippen LogP contribution < -0.4 is 16.2 Å². The van der Waals surface area contributed by atoms with Crippen LogP contribution in [0.15, 0.2) is 12.1 Å². The summed E-state index contributed by atoms with van der Waals surface area (Å²) >= 11 is 5.40. The molecule has 0 aromatic heterocycles. The van der Waals surface area contributed by atoms with Crippen LogP contribution in [0.25, 0.3) is 0 Å². The lowest BCUT2D eigenvalue weighted by Crippen LogP contribution is -2.17. The van der Waals surface area contributed by atoms with Crippen LogP contribution in [0, 0.1) is 5.82 Å². The molecular formula is C7H6ClFN2O2. The second-order valence-corrected chi connectivity index (χ2v) is 2.60. The number of nitrogens with two attached hydrogens (primary N) is 2. The summed E-state index contributed by atoms with van der Waals surface area (Å²) in [6, 6.07) is 2.47. The van der Waals surface area contributed by atoms with Crippen molar-refractivity contribution in [3.05, 3.63) is 23.0 Å². The molecule has 0 spiro atoms. The molecule has 0 fully saturated rings. The van der Waals surface area contributed by atoms with E-state index in [1.165, 1.54) is 12.1 Å². The normalized spacial score (nSPS) is 9.69. The van der Waals surface area contributed by atoms with Gasteiger partial charge in [0.15, 0.2) is 11.6 Å². The summed E-state index contributed by atoms with van der Waals surface area (Å²) in [5.41, 5.74) is 9.61. The Morgan fingerprint density at radius 1 is 1.54 bits per heavy atom. The second kappa shape index (κ2) is 3.49. The molecular weight excluding hydrogens is 199 g/mol. The summed E-state index contributed by atoms with van der Waals surface area (Å²) in [7, 11) is 0. The Bertz CT molecular complexity index is 357. The lowest BCUT2D eigenvalue weighted by atomic mass is 10.3. The fourth-order valence-electron chi connectivity index (χ4n) is 0.746. The standard InChI is InChI=1S/C7H6ClFN2O2/c8-3-1-2-4(13-7(11)12)6(10)5(3)9/h1-2H,10H2,(H2,11,12). The number of nitrogen functional groups attached to an aromatic ring is 1. The first kappa shape index (κ1) is 9.60. The van der Waals surface area contributed by atoms with Crippen molar-refractivity contribution in [3.8, 4) is 5.75 Å². The van der Waals surface area contributed by atoms with Crippen molar-refractivity contribution in [2.75, 3.05) is 5.73 Å². The molecule has 0 saturated heterocycles. The lowest BCUT2D eigenvalue weighted by Gasteiger charge is -2.05. The van der Waals surface area contributed by atoms with Crippen molar-refractivity contribution in [2.45, 2.75) is 0 Å². The van der Waals surface area contributed by atoms with Gasteiger partial charge >= 0.3 is 6.09 Å². The van der Waals surface area contributed by atoms with E-state index in [1.54, 1.807) is 0 Å². The van der Waals surface area contributed by atoms with Gasteiger partial charge in [-0.3, -0.25) is 0 Å². The van der Waals surface area contributed by atoms with E-state index < -0.39 is 11.9 Å². The lowest BCUT2D eigenvalue weighted by molar-refractivity contribution is 0.211. The van der Waals surface area contributed by atoms with Gasteiger partial charge in [-0.2, -0.15) is 0 Å². The number of hydrogen-bond acceptors (Lipinski definition) is 3. The van der Waals surface area contributed by atoms with Crippen molar-refractivity contribution < 1.29 is 13.9 Å². The zero-order valence-corrected chi connectivity index (χ0v) is 7.14. The van der Waals surface area contributed by atoms with E-state index >= 15 is 0 Å². The Kier molecular flexibility index (Phi) is 2.57. The third kappa shape index (κ3) is 2.00. The Labute approximate surface area is 78.2 Å². The molecule has 1 aromatic rings. The van der Waals surface area contributed by atoms with Gasteiger partial charge in [-0.05, 0) is 12.1 Å². The van der Waals surface area contributed by atoms with Crippen LogP contribution in [-0.4, -0.2) is 6.09 Å². The summed E-state index contributed by atoms with van der Waals surface area (Å²) in [5.74, 6) is -0.977. The summed E-state index contributed by atoms with van der Waals surface area (Å²) in [6.07, 6.45) is -1.06. The van der Waals surface area contributed by atoms with Gasteiger partial charge in [-0.15, -0.1) is 0 Å². The highest BCUT2D eigenvalue weighted by Crippen LogP contribution is 2.29. The van der Waals surface area contributed by atoms with Crippen LogP contribution in [0.2, 0.25) is 5.02 Å². The van der Waals surface area contributed by atoms with E-state index in [2.05, 4.69) is 4.74 Å². The molecule has 0 aliphatic heterocycles. The molecule has 4 N–H and O–H groups in total. The summed E-state index contributed by atoms with van der Waals surface area (Å²) < 4.78 is 17.3. The second-order valence-electron chi connectivity index (χ2n) is 2.19. The van der Waals surface area contributed by atoms with Crippen LogP contribution in [0.1, 0.15) is 0 Å². The van der Waals surface area contributed by atoms with Gasteiger partial charge in [-0.1, -0.05) is 11.6 Å². The molecule has 13 heavy (non-hydrogen) atoms. The van der Waals surface area contributed by atoms with Crippen molar-refractivity contribution in [3.63, 3.8) is 0 Å². The van der Waals surface area contributed by atoms with Gasteiger partial charge in [0.2, 0.25) is 0 Å². The van der Waals surface area contributed by atoms with Gasteiger partial charge in [0, 0.05) is 0 Å². The third-order valence-electron chi connectivity index (χ3n) is 1.30. The topological polar surface area (TPSA) is 78.3 Å². The first-order valence-electron chi connectivity index (χ1n) is 3.23. The molecule has 6 heteroatoms. The monoisotopic (exact) mass is 204 g/mol. The number of hydrogen-bond donors (Lipinski definition) is 2. The Morgan fingerprint density at radius 3 is 2.69 bits per heavy atom. The summed E-state index contributed by atoms with van der Waals surface area (Å²) in [6.45, 7) is 0. The molecule has 1 rings (SSSR count). The van der Waals surface area contributed by atoms with Gasteiger partial charge in [-0.25, -0.2) is 9.18 Å². The van der Waals surface area contributed by atoms with E-state index in [-0.39, 0.29) is 16.5 Å². The van der Waals surface area contributed by atoms with Crippen LogP contribution in [-0.2, 0) is 0 Å². The summed E-state index contributed by atoms with van der Waals surface area (Å²) in [5, 5.41) is -0.144. The minimum Gasteiger partial charge on any atom is -0.408 e. The van der Waals surface area contributed by atoms with Gasteiger partial charge < -0.3 is 16.2 Å². The average Bonchev–Trinajstić information content (AvgIpc) is 2.06. The molecule has 1 aromatic carbocycles. The molecule has 0 aliphatic rings. The predicted molar refractivity (Wildman–Crippen MR) is 46.0 cm³/mol. The molecule has 0 heterocycles. The molecule has 0 saturated carbocycles. The zero-order valence-electron chi connectivity index (χ0n) is 6.38. The number of ether oxygens (including phenoxy) is 1. The largest absolute Gasteiger partial charge is 0.410 e. The average molecular weight is 205 g/mol. The molecule has 0 unspecified atom stereocenters. The molecule has 0 atom stereocenters. The zero-order chi connectivity index (χ0) is 10.0. The van der Waals surface area contributed by atoms with Crippen LogP contribution in [0.3, 0.4) is 0 Å². The number of amides is 1. The minimum atomic E-state index is -1.06. The maximum absolute atomic E-state index is 13.0. The third-order valence-corrected chi connectivity index (χ3v) is 1.60. The molecule has 0 aliphatic carbocycles. The van der Waals surface area contributed by atoms with E-state index in [4.69, 9.17) is 23.1 Å². The maximum Gasteiger partial charge on any atom is 0.410 e. The number of halogens is 2. The van der Waals surface area contributed by atoms with Crippen molar-refractivity contribution in [2.24, 2.45) is 5.73 Å². The van der Waals surface area contributed by atoms with E-state index in [0.29, 0.717) is 0 Å². The Morgan fingerprint density at radius 2 is 2.15 bits per heavy atom. The van der Waals surface area contributed by atoms with Crippen molar-refractivity contribution in [1.82, 2.24) is 0 Å². The van der Waals surface area contributed by atoms with E-state index in [1.807, 2.05) is 0 Å². The Hall–Kier alpha value is -1.49. The number of anilines is 1. The Balaban J connectivity index is 3.10. The number of benzene rings is 1. The highest BCUT2D eigenvalue weighted by Gasteiger charge is 2.11. The van der Waals surface area contributed by atoms with E-state index in [9.17, 15) is 9.18 Å². The van der Waals surface area contributed by atoms with E-state index in [0.717, 1.165) is 0 Å². The number of carbonyl (C=O) groups is 1. The highest BCUT2D eigenvalue weighted by molar-refractivity contribution is 6.31. The fraction of sp³-hybridized carbons (Fsp3) is 0. The minimum absolute atomic E-state index is 0.144. The molecule has 0 radical (unpaired) electrons. The number of carbonyl (C=O) groups excluding carboxylic acids is 1. The van der Waals surface area contributed by atoms with Crippen molar-refractivity contribution in [1.29, 1.82) is 0 Å². The predicted octanol–water partition coefficient (Wildman–Crippen LogP) is 1.52. The van der Waals surface area contributed by atoms with Gasteiger partial charge in [0.05, 0.1) is 5.02 Å². The van der Waals surface area contributed by atoms with Crippen LogP contribution >= 0.6 is 11.6 Å². The quantitative estimate of drug-likeness (QED) is 0.681. The molecule has 0 bridgehead atoms.